The number of hydrogen-bond acceptors (Lipinski definition) is 4. The van der Waals surface area contributed by atoms with Crippen molar-refractivity contribution in [2.24, 2.45) is 5.41 Å². The number of nitrogen functional groups attached to an aromatic ring is 1. The third-order valence-electron chi connectivity index (χ3n) is 3.10. The Morgan fingerprint density at radius 3 is 2.50 bits per heavy atom. The number of anilines is 1. The minimum Gasteiger partial charge on any atom is -0.395 e. The number of H-pyrrole nitrogens is 1. The second-order valence-electron chi connectivity index (χ2n) is 6.64. The Hall–Kier alpha value is -1.56. The molecule has 20 heavy (non-hydrogen) atoms. The van der Waals surface area contributed by atoms with Crippen LogP contribution < -0.4 is 11.1 Å². The molecule has 0 aliphatic carbocycles. The van der Waals surface area contributed by atoms with Gasteiger partial charge in [-0.1, -0.05) is 27.7 Å². The van der Waals surface area contributed by atoms with E-state index in [0.29, 0.717) is 12.2 Å². The number of nitrogens with one attached hydrogen (secondary N) is 2. The number of rotatable bonds is 6. The number of aromatic amines is 1. The minimum absolute atomic E-state index is 0.00882. The fraction of sp³-hybridized carbons (Fsp3) is 0.714. The van der Waals surface area contributed by atoms with Crippen LogP contribution >= 0.6 is 0 Å². The van der Waals surface area contributed by atoms with Crippen LogP contribution in [0.25, 0.3) is 0 Å². The topological polar surface area (TPSA) is 87.0 Å². The summed E-state index contributed by atoms with van der Waals surface area (Å²) in [6.45, 7) is 9.70. The molecule has 0 radical (unpaired) electrons. The number of nitrogens with zero attached hydrogens (tertiary/aromatic N) is 2. The summed E-state index contributed by atoms with van der Waals surface area (Å²) < 4.78 is 0. The van der Waals surface area contributed by atoms with Crippen molar-refractivity contribution in [2.75, 3.05) is 32.9 Å². The molecule has 1 rings (SSSR count). The van der Waals surface area contributed by atoms with Gasteiger partial charge < -0.3 is 16.0 Å². The summed E-state index contributed by atoms with van der Waals surface area (Å²) in [4.78, 5) is 14.2. The third-order valence-corrected chi connectivity index (χ3v) is 3.10. The van der Waals surface area contributed by atoms with Gasteiger partial charge in [0.05, 0.1) is 11.4 Å². The average Bonchev–Trinajstić information content (AvgIpc) is 2.66. The molecule has 1 aromatic heterocycles. The maximum atomic E-state index is 12.1. The van der Waals surface area contributed by atoms with Crippen LogP contribution in [0.4, 0.5) is 5.69 Å². The highest BCUT2D eigenvalue weighted by molar-refractivity contribution is 5.97. The molecule has 1 amide bonds. The van der Waals surface area contributed by atoms with Gasteiger partial charge in [-0.25, -0.2) is 0 Å². The molecule has 6 heteroatoms. The van der Waals surface area contributed by atoms with Crippen molar-refractivity contribution in [3.05, 3.63) is 11.4 Å². The molecule has 0 aromatic carbocycles. The first-order chi connectivity index (χ1) is 9.14. The number of nitrogens with two attached hydrogens (primary N) is 1. The van der Waals surface area contributed by atoms with Gasteiger partial charge in [-0.3, -0.25) is 9.89 Å². The van der Waals surface area contributed by atoms with Gasteiger partial charge in [0.2, 0.25) is 0 Å². The van der Waals surface area contributed by atoms with Gasteiger partial charge in [-0.15, -0.1) is 0 Å². The van der Waals surface area contributed by atoms with E-state index in [1.165, 1.54) is 0 Å². The number of hydrogen-bond donors (Lipinski definition) is 3. The van der Waals surface area contributed by atoms with E-state index in [1.807, 2.05) is 27.9 Å². The standard InChI is InChI=1S/C14H27N5O/c1-9(2)11-10(15)12(18-17-11)13(20)16-7-14(3,4)8-19(5)6/h9H,7-8,15H2,1-6H3,(H,16,20)(H,17,18). The molecule has 0 atom stereocenters. The molecular weight excluding hydrogens is 254 g/mol. The molecule has 0 fully saturated rings. The second kappa shape index (κ2) is 6.26. The summed E-state index contributed by atoms with van der Waals surface area (Å²) >= 11 is 0. The zero-order chi connectivity index (χ0) is 15.5. The van der Waals surface area contributed by atoms with Gasteiger partial charge in [0.15, 0.2) is 5.69 Å². The Morgan fingerprint density at radius 2 is 2.05 bits per heavy atom. The van der Waals surface area contributed by atoms with Crippen LogP contribution in [0.3, 0.4) is 0 Å². The van der Waals surface area contributed by atoms with Crippen LogP contribution in [-0.4, -0.2) is 48.2 Å². The molecule has 0 saturated carbocycles. The molecule has 0 spiro atoms. The van der Waals surface area contributed by atoms with Crippen molar-refractivity contribution in [1.82, 2.24) is 20.4 Å². The lowest BCUT2D eigenvalue weighted by molar-refractivity contribution is 0.0925. The summed E-state index contributed by atoms with van der Waals surface area (Å²) in [5.74, 6) is -0.00767. The van der Waals surface area contributed by atoms with Crippen molar-refractivity contribution >= 4 is 11.6 Å². The van der Waals surface area contributed by atoms with Gasteiger partial charge >= 0.3 is 0 Å². The van der Waals surface area contributed by atoms with Crippen molar-refractivity contribution in [2.45, 2.75) is 33.6 Å². The predicted molar refractivity (Wildman–Crippen MR) is 81.8 cm³/mol. The molecular formula is C14H27N5O. The van der Waals surface area contributed by atoms with Gasteiger partial charge in [0.25, 0.3) is 5.91 Å². The van der Waals surface area contributed by atoms with Crippen molar-refractivity contribution < 1.29 is 4.79 Å². The molecule has 0 aliphatic heterocycles. The largest absolute Gasteiger partial charge is 0.395 e. The fourth-order valence-electron chi connectivity index (χ4n) is 2.29. The summed E-state index contributed by atoms with van der Waals surface area (Å²) in [7, 11) is 4.04. The van der Waals surface area contributed by atoms with E-state index in [-0.39, 0.29) is 22.9 Å². The van der Waals surface area contributed by atoms with Gasteiger partial charge in [-0.2, -0.15) is 5.10 Å². The van der Waals surface area contributed by atoms with Crippen LogP contribution in [0.1, 0.15) is 49.8 Å². The minimum atomic E-state index is -0.225. The third kappa shape index (κ3) is 4.23. The van der Waals surface area contributed by atoms with Gasteiger partial charge in [0, 0.05) is 13.1 Å². The Bertz CT molecular complexity index is 462. The summed E-state index contributed by atoms with van der Waals surface area (Å²) in [5.41, 5.74) is 7.50. The van der Waals surface area contributed by atoms with Crippen molar-refractivity contribution in [3.63, 3.8) is 0 Å². The number of aromatic nitrogens is 2. The smallest absolute Gasteiger partial charge is 0.273 e. The normalized spacial score (nSPS) is 12.2. The monoisotopic (exact) mass is 281 g/mol. The SMILES string of the molecule is CC(C)c1[nH]nc(C(=O)NCC(C)(C)CN(C)C)c1N. The van der Waals surface area contributed by atoms with E-state index in [4.69, 9.17) is 5.73 Å². The zero-order valence-electron chi connectivity index (χ0n) is 13.4. The fourth-order valence-corrected chi connectivity index (χ4v) is 2.29. The number of carbonyl (C=O) groups is 1. The first-order valence-corrected chi connectivity index (χ1v) is 6.90. The first-order valence-electron chi connectivity index (χ1n) is 6.90. The average molecular weight is 281 g/mol. The molecule has 6 nitrogen and oxygen atoms in total. The van der Waals surface area contributed by atoms with E-state index >= 15 is 0 Å². The van der Waals surface area contributed by atoms with E-state index in [2.05, 4.69) is 34.3 Å². The van der Waals surface area contributed by atoms with E-state index < -0.39 is 0 Å². The summed E-state index contributed by atoms with van der Waals surface area (Å²) in [5, 5.41) is 9.78. The van der Waals surface area contributed by atoms with Crippen molar-refractivity contribution in [3.8, 4) is 0 Å². The van der Waals surface area contributed by atoms with Crippen LogP contribution in [-0.2, 0) is 0 Å². The predicted octanol–water partition coefficient (Wildman–Crippen LogP) is 1.43. The Balaban J connectivity index is 2.68. The van der Waals surface area contributed by atoms with E-state index in [9.17, 15) is 4.79 Å². The van der Waals surface area contributed by atoms with Crippen LogP contribution in [0.5, 0.6) is 0 Å². The second-order valence-corrected chi connectivity index (χ2v) is 6.64. The highest BCUT2D eigenvalue weighted by Gasteiger charge is 2.23. The molecule has 0 bridgehead atoms. The zero-order valence-corrected chi connectivity index (χ0v) is 13.4. The van der Waals surface area contributed by atoms with Crippen LogP contribution in [0, 0.1) is 5.41 Å². The van der Waals surface area contributed by atoms with Gasteiger partial charge in [-0.05, 0) is 25.4 Å². The number of amides is 1. The molecule has 0 saturated heterocycles. The maximum Gasteiger partial charge on any atom is 0.273 e. The molecule has 0 aliphatic rings. The van der Waals surface area contributed by atoms with Crippen LogP contribution in [0.15, 0.2) is 0 Å². The lowest BCUT2D eigenvalue weighted by atomic mass is 9.93. The molecule has 1 aromatic rings. The van der Waals surface area contributed by atoms with Crippen LogP contribution in [0.2, 0.25) is 0 Å². The Kier molecular flexibility index (Phi) is 5.16. The van der Waals surface area contributed by atoms with E-state index in [1.54, 1.807) is 0 Å². The maximum absolute atomic E-state index is 12.1. The molecule has 1 heterocycles. The highest BCUT2D eigenvalue weighted by atomic mass is 16.1. The molecule has 114 valence electrons. The lowest BCUT2D eigenvalue weighted by Crippen LogP contribution is -2.40. The molecule has 4 N–H and O–H groups in total. The highest BCUT2D eigenvalue weighted by Crippen LogP contribution is 2.22. The van der Waals surface area contributed by atoms with Crippen molar-refractivity contribution in [1.29, 1.82) is 0 Å². The quantitative estimate of drug-likeness (QED) is 0.736. The molecule has 0 unspecified atom stereocenters. The lowest BCUT2D eigenvalue weighted by Gasteiger charge is -2.28. The van der Waals surface area contributed by atoms with Gasteiger partial charge in [0.1, 0.15) is 0 Å². The summed E-state index contributed by atoms with van der Waals surface area (Å²) in [6.07, 6.45) is 0. The Morgan fingerprint density at radius 1 is 1.45 bits per heavy atom. The summed E-state index contributed by atoms with van der Waals surface area (Å²) in [6, 6.07) is 0. The Labute approximate surface area is 121 Å². The first kappa shape index (κ1) is 16.5. The number of carbonyl (C=O) groups excluding carboxylic acids is 1. The van der Waals surface area contributed by atoms with E-state index in [0.717, 1.165) is 12.2 Å².